The SMILES string of the molecule is Cn1cc2c(-c3cc(F)c(CN4Cc5ncccc5C4=O)c(F)c3)cccc2n1. The van der Waals surface area contributed by atoms with Gasteiger partial charge in [-0.3, -0.25) is 14.5 Å². The maximum absolute atomic E-state index is 14.9. The lowest BCUT2D eigenvalue weighted by molar-refractivity contribution is 0.0763. The fourth-order valence-electron chi connectivity index (χ4n) is 3.82. The van der Waals surface area contributed by atoms with Gasteiger partial charge in [-0.2, -0.15) is 5.10 Å². The first-order chi connectivity index (χ1) is 14.0. The number of carbonyl (C=O) groups excluding carboxylic acids is 1. The van der Waals surface area contributed by atoms with Gasteiger partial charge >= 0.3 is 0 Å². The number of halogens is 2. The van der Waals surface area contributed by atoms with Crippen molar-refractivity contribution >= 4 is 16.8 Å². The number of hydrogen-bond donors (Lipinski definition) is 0. The highest BCUT2D eigenvalue weighted by atomic mass is 19.1. The van der Waals surface area contributed by atoms with Gasteiger partial charge < -0.3 is 4.90 Å². The summed E-state index contributed by atoms with van der Waals surface area (Å²) < 4.78 is 31.5. The standard InChI is InChI=1S/C22H16F2N4O/c1-27-10-16-14(4-2-6-20(16)26-27)13-8-18(23)17(19(24)9-13)11-28-12-21-15(22(28)29)5-3-7-25-21/h2-10H,11-12H2,1H3. The number of carbonyl (C=O) groups is 1. The first-order valence-corrected chi connectivity index (χ1v) is 9.15. The summed E-state index contributed by atoms with van der Waals surface area (Å²) in [5, 5.41) is 5.15. The summed E-state index contributed by atoms with van der Waals surface area (Å²) in [5.41, 5.74) is 2.86. The van der Waals surface area contributed by atoms with Gasteiger partial charge in [0, 0.05) is 30.4 Å². The number of nitrogens with zero attached hydrogens (tertiary/aromatic N) is 4. The van der Waals surface area contributed by atoms with Gasteiger partial charge in [-0.15, -0.1) is 0 Å². The van der Waals surface area contributed by atoms with E-state index in [0.717, 1.165) is 10.9 Å². The van der Waals surface area contributed by atoms with Gasteiger partial charge in [0.1, 0.15) is 11.6 Å². The van der Waals surface area contributed by atoms with Crippen LogP contribution in [0.1, 0.15) is 21.6 Å². The molecule has 144 valence electrons. The Hall–Kier alpha value is -3.61. The van der Waals surface area contributed by atoms with Gasteiger partial charge in [-0.1, -0.05) is 12.1 Å². The summed E-state index contributed by atoms with van der Waals surface area (Å²) in [4.78, 5) is 18.1. The number of rotatable bonds is 3. The van der Waals surface area contributed by atoms with Crippen LogP contribution in [-0.2, 0) is 20.1 Å². The Morgan fingerprint density at radius 3 is 2.59 bits per heavy atom. The smallest absolute Gasteiger partial charge is 0.256 e. The first kappa shape index (κ1) is 17.5. The van der Waals surface area contributed by atoms with Crippen molar-refractivity contribution in [3.63, 3.8) is 0 Å². The molecule has 0 N–H and O–H groups in total. The molecule has 0 atom stereocenters. The molecule has 0 bridgehead atoms. The molecule has 3 heterocycles. The highest BCUT2D eigenvalue weighted by Crippen LogP contribution is 2.31. The lowest BCUT2D eigenvalue weighted by atomic mass is 9.99. The first-order valence-electron chi connectivity index (χ1n) is 9.15. The summed E-state index contributed by atoms with van der Waals surface area (Å²) in [7, 11) is 1.80. The predicted molar refractivity (Wildman–Crippen MR) is 104 cm³/mol. The van der Waals surface area contributed by atoms with E-state index in [1.807, 2.05) is 24.4 Å². The summed E-state index contributed by atoms with van der Waals surface area (Å²) in [6, 6.07) is 11.4. The van der Waals surface area contributed by atoms with E-state index in [-0.39, 0.29) is 24.6 Å². The third-order valence-corrected chi connectivity index (χ3v) is 5.21. The summed E-state index contributed by atoms with van der Waals surface area (Å²) in [6.45, 7) is 0.0921. The number of pyridine rings is 1. The van der Waals surface area contributed by atoms with E-state index in [1.54, 1.807) is 30.1 Å². The van der Waals surface area contributed by atoms with Crippen LogP contribution in [0, 0.1) is 11.6 Å². The molecule has 0 unspecified atom stereocenters. The van der Waals surface area contributed by atoms with Crippen molar-refractivity contribution in [2.75, 3.05) is 0 Å². The Morgan fingerprint density at radius 1 is 1.07 bits per heavy atom. The summed E-state index contributed by atoms with van der Waals surface area (Å²) in [5.74, 6) is -1.63. The maximum Gasteiger partial charge on any atom is 0.256 e. The van der Waals surface area contributed by atoms with Crippen LogP contribution in [0.2, 0.25) is 0 Å². The van der Waals surface area contributed by atoms with Crippen molar-refractivity contribution in [2.45, 2.75) is 13.1 Å². The number of aryl methyl sites for hydroxylation is 1. The third-order valence-electron chi connectivity index (χ3n) is 5.21. The van der Waals surface area contributed by atoms with Crippen LogP contribution in [0.15, 0.2) is 54.9 Å². The van der Waals surface area contributed by atoms with Crippen LogP contribution in [0.4, 0.5) is 8.78 Å². The van der Waals surface area contributed by atoms with E-state index < -0.39 is 11.6 Å². The Labute approximate surface area is 165 Å². The third kappa shape index (κ3) is 2.86. The van der Waals surface area contributed by atoms with E-state index in [9.17, 15) is 13.6 Å². The molecule has 1 amide bonds. The van der Waals surface area contributed by atoms with E-state index in [0.29, 0.717) is 22.4 Å². The minimum Gasteiger partial charge on any atom is -0.328 e. The maximum atomic E-state index is 14.9. The van der Waals surface area contributed by atoms with Crippen LogP contribution in [-0.4, -0.2) is 25.6 Å². The summed E-state index contributed by atoms with van der Waals surface area (Å²) >= 11 is 0. The quantitative estimate of drug-likeness (QED) is 0.530. The predicted octanol–water partition coefficient (Wildman–Crippen LogP) is 4.07. The number of aromatic nitrogens is 3. The molecule has 5 rings (SSSR count). The molecule has 1 aliphatic rings. The fraction of sp³-hybridized carbons (Fsp3) is 0.136. The lowest BCUT2D eigenvalue weighted by Gasteiger charge is -2.17. The van der Waals surface area contributed by atoms with Crippen LogP contribution in [0.3, 0.4) is 0 Å². The monoisotopic (exact) mass is 390 g/mol. The summed E-state index contributed by atoms with van der Waals surface area (Å²) in [6.07, 6.45) is 3.42. The zero-order valence-corrected chi connectivity index (χ0v) is 15.6. The van der Waals surface area contributed by atoms with E-state index >= 15 is 0 Å². The molecule has 0 saturated heterocycles. The molecule has 5 nitrogen and oxygen atoms in total. The average molecular weight is 390 g/mol. The molecule has 0 spiro atoms. The molecule has 0 radical (unpaired) electrons. The Bertz CT molecular complexity index is 1260. The molecular formula is C22H16F2N4O. The van der Waals surface area contributed by atoms with E-state index in [2.05, 4.69) is 10.1 Å². The van der Waals surface area contributed by atoms with Crippen molar-refractivity contribution in [2.24, 2.45) is 7.05 Å². The second kappa shape index (κ2) is 6.48. The molecule has 2 aromatic heterocycles. The van der Waals surface area contributed by atoms with Gasteiger partial charge in [0.2, 0.25) is 0 Å². The zero-order valence-electron chi connectivity index (χ0n) is 15.6. The molecule has 0 saturated carbocycles. The van der Waals surface area contributed by atoms with Gasteiger partial charge in [-0.05, 0) is 41.5 Å². The van der Waals surface area contributed by atoms with Gasteiger partial charge in [0.25, 0.3) is 5.91 Å². The largest absolute Gasteiger partial charge is 0.328 e. The van der Waals surface area contributed by atoms with Crippen LogP contribution in [0.5, 0.6) is 0 Å². The molecule has 2 aromatic carbocycles. The van der Waals surface area contributed by atoms with E-state index in [4.69, 9.17) is 0 Å². The normalized spacial score (nSPS) is 13.3. The van der Waals surface area contributed by atoms with Crippen molar-refractivity contribution < 1.29 is 13.6 Å². The van der Waals surface area contributed by atoms with Gasteiger partial charge in [-0.25, -0.2) is 8.78 Å². The van der Waals surface area contributed by atoms with Crippen molar-refractivity contribution in [3.05, 3.63) is 83.3 Å². The van der Waals surface area contributed by atoms with Crippen LogP contribution >= 0.6 is 0 Å². The number of fused-ring (bicyclic) bond motifs is 2. The molecule has 0 aliphatic carbocycles. The minimum atomic E-state index is -0.683. The highest BCUT2D eigenvalue weighted by molar-refractivity contribution is 5.97. The van der Waals surface area contributed by atoms with Crippen LogP contribution < -0.4 is 0 Å². The average Bonchev–Trinajstić information content (AvgIpc) is 3.23. The molecule has 29 heavy (non-hydrogen) atoms. The second-order valence-corrected chi connectivity index (χ2v) is 7.12. The van der Waals surface area contributed by atoms with Gasteiger partial charge in [0.05, 0.1) is 29.9 Å². The minimum absolute atomic E-state index is 0.131. The molecule has 0 fully saturated rings. The van der Waals surface area contributed by atoms with Crippen molar-refractivity contribution in [1.82, 2.24) is 19.7 Å². The topological polar surface area (TPSA) is 51.0 Å². The molecule has 4 aromatic rings. The number of benzene rings is 2. The second-order valence-electron chi connectivity index (χ2n) is 7.12. The lowest BCUT2D eigenvalue weighted by Crippen LogP contribution is -2.24. The molecular weight excluding hydrogens is 374 g/mol. The zero-order chi connectivity index (χ0) is 20.1. The van der Waals surface area contributed by atoms with E-state index in [1.165, 1.54) is 17.0 Å². The Kier molecular flexibility index (Phi) is 3.91. The number of hydrogen-bond acceptors (Lipinski definition) is 3. The van der Waals surface area contributed by atoms with Gasteiger partial charge in [0.15, 0.2) is 0 Å². The van der Waals surface area contributed by atoms with Crippen LogP contribution in [0.25, 0.3) is 22.0 Å². The van der Waals surface area contributed by atoms with Crippen molar-refractivity contribution in [3.8, 4) is 11.1 Å². The number of amides is 1. The fourth-order valence-corrected chi connectivity index (χ4v) is 3.82. The Morgan fingerprint density at radius 2 is 1.83 bits per heavy atom. The Balaban J connectivity index is 1.50. The highest BCUT2D eigenvalue weighted by Gasteiger charge is 2.29. The van der Waals surface area contributed by atoms with Crippen molar-refractivity contribution in [1.29, 1.82) is 0 Å². The molecule has 1 aliphatic heterocycles. The molecule has 7 heteroatoms.